The Hall–Kier alpha value is -2.54. The van der Waals surface area contributed by atoms with Gasteiger partial charge in [-0.2, -0.15) is 0 Å². The summed E-state index contributed by atoms with van der Waals surface area (Å²) in [5.41, 5.74) is 5.77. The molecule has 0 saturated heterocycles. The lowest BCUT2D eigenvalue weighted by molar-refractivity contribution is -0.385. The number of benzene rings is 1. The molecule has 6 nitrogen and oxygen atoms in total. The minimum absolute atomic E-state index is 0.0700. The second-order valence-electron chi connectivity index (χ2n) is 3.68. The third-order valence-electron chi connectivity index (χ3n) is 2.37. The van der Waals surface area contributed by atoms with Crippen LogP contribution in [0.2, 0.25) is 0 Å². The first-order valence-corrected chi connectivity index (χ1v) is 5.37. The maximum Gasteiger partial charge on any atom is 0.314 e. The van der Waals surface area contributed by atoms with Gasteiger partial charge in [-0.05, 0) is 17.7 Å². The zero-order valence-electron chi connectivity index (χ0n) is 9.75. The van der Waals surface area contributed by atoms with Gasteiger partial charge in [0.2, 0.25) is 11.6 Å². The van der Waals surface area contributed by atoms with Crippen molar-refractivity contribution in [2.75, 3.05) is 0 Å². The van der Waals surface area contributed by atoms with E-state index in [0.29, 0.717) is 6.54 Å². The topological polar surface area (TPSA) is 91.3 Å². The molecular weight excluding hydrogens is 253 g/mol. The molecule has 0 aliphatic carbocycles. The first-order chi connectivity index (χ1) is 9.10. The lowest BCUT2D eigenvalue weighted by Crippen LogP contribution is -1.98. The number of nitro groups is 1. The lowest BCUT2D eigenvalue weighted by atomic mass is 10.3. The van der Waals surface area contributed by atoms with Crippen LogP contribution in [-0.4, -0.2) is 9.91 Å². The average Bonchev–Trinajstić information content (AvgIpc) is 2.41. The van der Waals surface area contributed by atoms with Crippen LogP contribution in [0.15, 0.2) is 36.5 Å². The Labute approximate surface area is 107 Å². The molecule has 1 aromatic carbocycles. The fourth-order valence-corrected chi connectivity index (χ4v) is 1.42. The maximum atomic E-state index is 13.0. The Bertz CT molecular complexity index is 602. The van der Waals surface area contributed by atoms with Gasteiger partial charge < -0.3 is 10.5 Å². The van der Waals surface area contributed by atoms with Crippen molar-refractivity contribution in [2.24, 2.45) is 5.73 Å². The number of aromatic nitrogens is 1. The van der Waals surface area contributed by atoms with Crippen molar-refractivity contribution in [1.82, 2.24) is 4.98 Å². The Balaban J connectivity index is 2.29. The Morgan fingerprint density at radius 2 is 2.16 bits per heavy atom. The van der Waals surface area contributed by atoms with Gasteiger partial charge in [-0.15, -0.1) is 0 Å². The van der Waals surface area contributed by atoms with E-state index in [1.54, 1.807) is 6.07 Å². The molecule has 2 N–H and O–H groups in total. The van der Waals surface area contributed by atoms with Gasteiger partial charge in [-0.25, -0.2) is 9.37 Å². The summed E-state index contributed by atoms with van der Waals surface area (Å²) in [6, 6.07) is 6.29. The Kier molecular flexibility index (Phi) is 3.67. The molecule has 1 aromatic heterocycles. The summed E-state index contributed by atoms with van der Waals surface area (Å²) in [4.78, 5) is 14.0. The van der Waals surface area contributed by atoms with E-state index in [0.717, 1.165) is 17.7 Å². The molecule has 0 radical (unpaired) electrons. The fourth-order valence-electron chi connectivity index (χ4n) is 1.42. The second-order valence-corrected chi connectivity index (χ2v) is 3.68. The SMILES string of the molecule is NCc1ccc(Oc2ccc(F)cc2[N+](=O)[O-])nc1. The lowest BCUT2D eigenvalue weighted by Gasteiger charge is -2.05. The van der Waals surface area contributed by atoms with Gasteiger partial charge >= 0.3 is 5.69 Å². The monoisotopic (exact) mass is 263 g/mol. The van der Waals surface area contributed by atoms with Gasteiger partial charge in [0.15, 0.2) is 0 Å². The van der Waals surface area contributed by atoms with Gasteiger partial charge in [-0.3, -0.25) is 10.1 Å². The van der Waals surface area contributed by atoms with E-state index in [1.165, 1.54) is 18.3 Å². The number of nitrogens with zero attached hydrogens (tertiary/aromatic N) is 2. The number of nitro benzene ring substituents is 1. The van der Waals surface area contributed by atoms with Crippen molar-refractivity contribution in [3.05, 3.63) is 58.0 Å². The van der Waals surface area contributed by atoms with Crippen LogP contribution < -0.4 is 10.5 Å². The van der Waals surface area contributed by atoms with Crippen molar-refractivity contribution >= 4 is 5.69 Å². The molecule has 0 spiro atoms. The summed E-state index contributed by atoms with van der Waals surface area (Å²) in [7, 11) is 0. The second kappa shape index (κ2) is 5.40. The Morgan fingerprint density at radius 3 is 2.74 bits per heavy atom. The first-order valence-electron chi connectivity index (χ1n) is 5.37. The summed E-state index contributed by atoms with van der Waals surface area (Å²) in [6.45, 7) is 0.337. The minimum Gasteiger partial charge on any atom is -0.432 e. The molecule has 0 fully saturated rings. The van der Waals surface area contributed by atoms with Crippen molar-refractivity contribution in [1.29, 1.82) is 0 Å². The molecule has 0 atom stereocenters. The van der Waals surface area contributed by atoms with Crippen LogP contribution in [0.1, 0.15) is 5.56 Å². The number of ether oxygens (including phenoxy) is 1. The van der Waals surface area contributed by atoms with Crippen LogP contribution in [-0.2, 0) is 6.54 Å². The van der Waals surface area contributed by atoms with Crippen molar-refractivity contribution in [3.63, 3.8) is 0 Å². The quantitative estimate of drug-likeness (QED) is 0.675. The molecule has 2 aromatic rings. The predicted molar refractivity (Wildman–Crippen MR) is 65.3 cm³/mol. The molecule has 0 aliphatic heterocycles. The highest BCUT2D eigenvalue weighted by molar-refractivity contribution is 5.47. The summed E-state index contributed by atoms with van der Waals surface area (Å²) in [6.07, 6.45) is 1.50. The molecule has 0 amide bonds. The van der Waals surface area contributed by atoms with Crippen LogP contribution in [0.5, 0.6) is 11.6 Å². The summed E-state index contributed by atoms with van der Waals surface area (Å²) >= 11 is 0. The van der Waals surface area contributed by atoms with Crippen molar-refractivity contribution in [2.45, 2.75) is 6.54 Å². The molecule has 1 heterocycles. The molecule has 19 heavy (non-hydrogen) atoms. The van der Waals surface area contributed by atoms with Crippen LogP contribution in [0.4, 0.5) is 10.1 Å². The third-order valence-corrected chi connectivity index (χ3v) is 2.37. The van der Waals surface area contributed by atoms with E-state index in [-0.39, 0.29) is 11.6 Å². The maximum absolute atomic E-state index is 13.0. The van der Waals surface area contributed by atoms with E-state index in [1.807, 2.05) is 0 Å². The molecule has 2 rings (SSSR count). The first kappa shape index (κ1) is 12.9. The number of pyridine rings is 1. The largest absolute Gasteiger partial charge is 0.432 e. The van der Waals surface area contributed by atoms with E-state index in [4.69, 9.17) is 10.5 Å². The molecule has 98 valence electrons. The molecule has 0 aliphatic rings. The summed E-state index contributed by atoms with van der Waals surface area (Å²) in [5.74, 6) is -0.600. The standard InChI is InChI=1S/C12H10FN3O3/c13-9-2-3-11(10(5-9)16(17)18)19-12-4-1-8(6-14)7-15-12/h1-5,7H,6,14H2. The molecule has 0 bridgehead atoms. The van der Waals surface area contributed by atoms with Gasteiger partial charge in [0.1, 0.15) is 5.82 Å². The minimum atomic E-state index is -0.716. The van der Waals surface area contributed by atoms with E-state index >= 15 is 0 Å². The average molecular weight is 263 g/mol. The fraction of sp³-hybridized carbons (Fsp3) is 0.0833. The zero-order valence-corrected chi connectivity index (χ0v) is 9.75. The van der Waals surface area contributed by atoms with E-state index in [9.17, 15) is 14.5 Å². The van der Waals surface area contributed by atoms with Crippen molar-refractivity contribution in [3.8, 4) is 11.6 Å². The Morgan fingerprint density at radius 1 is 1.37 bits per heavy atom. The van der Waals surface area contributed by atoms with Crippen LogP contribution in [0.3, 0.4) is 0 Å². The van der Waals surface area contributed by atoms with Gasteiger partial charge in [0.25, 0.3) is 0 Å². The molecule has 0 unspecified atom stereocenters. The highest BCUT2D eigenvalue weighted by atomic mass is 19.1. The van der Waals surface area contributed by atoms with Crippen molar-refractivity contribution < 1.29 is 14.1 Å². The van der Waals surface area contributed by atoms with E-state index in [2.05, 4.69) is 4.98 Å². The third kappa shape index (κ3) is 3.02. The molecule has 7 heteroatoms. The smallest absolute Gasteiger partial charge is 0.314 e. The van der Waals surface area contributed by atoms with Gasteiger partial charge in [0, 0.05) is 18.8 Å². The highest BCUT2D eigenvalue weighted by Gasteiger charge is 2.17. The number of hydrogen-bond donors (Lipinski definition) is 1. The summed E-state index contributed by atoms with van der Waals surface area (Å²) in [5, 5.41) is 10.8. The molecule has 0 saturated carbocycles. The number of nitrogens with two attached hydrogens (primary N) is 1. The number of halogens is 1. The molecular formula is C12H10FN3O3. The normalized spacial score (nSPS) is 10.2. The van der Waals surface area contributed by atoms with E-state index < -0.39 is 16.4 Å². The van der Waals surface area contributed by atoms with Crippen LogP contribution in [0.25, 0.3) is 0 Å². The van der Waals surface area contributed by atoms with Gasteiger partial charge in [-0.1, -0.05) is 6.07 Å². The highest BCUT2D eigenvalue weighted by Crippen LogP contribution is 2.30. The van der Waals surface area contributed by atoms with Crippen LogP contribution in [0, 0.1) is 15.9 Å². The van der Waals surface area contributed by atoms with Gasteiger partial charge in [0.05, 0.1) is 11.0 Å². The predicted octanol–water partition coefficient (Wildman–Crippen LogP) is 2.38. The zero-order chi connectivity index (χ0) is 13.8. The number of rotatable bonds is 4. The number of hydrogen-bond acceptors (Lipinski definition) is 5. The van der Waals surface area contributed by atoms with Crippen LogP contribution >= 0.6 is 0 Å². The summed E-state index contributed by atoms with van der Waals surface area (Å²) < 4.78 is 18.2.